The van der Waals surface area contributed by atoms with E-state index in [1.54, 1.807) is 7.11 Å². The maximum Gasteiger partial charge on any atom is 0.241 e. The zero-order chi connectivity index (χ0) is 13.0. The van der Waals surface area contributed by atoms with Gasteiger partial charge in [-0.2, -0.15) is 0 Å². The molecule has 0 unspecified atom stereocenters. The molecule has 94 valence electrons. The van der Waals surface area contributed by atoms with Gasteiger partial charge < -0.3 is 15.8 Å². The molecule has 4 heteroatoms. The van der Waals surface area contributed by atoms with Crippen molar-refractivity contribution in [2.24, 2.45) is 5.73 Å². The highest BCUT2D eigenvalue weighted by Crippen LogP contribution is 2.29. The predicted molar refractivity (Wildman–Crippen MR) is 69.4 cm³/mol. The van der Waals surface area contributed by atoms with E-state index in [4.69, 9.17) is 10.5 Å². The van der Waals surface area contributed by atoms with Gasteiger partial charge >= 0.3 is 0 Å². The molecule has 0 fully saturated rings. The van der Waals surface area contributed by atoms with Crippen LogP contribution in [0.1, 0.15) is 24.5 Å². The molecule has 0 bridgehead atoms. The van der Waals surface area contributed by atoms with Crippen LogP contribution < -0.4 is 15.8 Å². The Morgan fingerprint density at radius 3 is 2.65 bits per heavy atom. The smallest absolute Gasteiger partial charge is 0.241 e. The Bertz CT molecular complexity index is 416. The number of amides is 1. The molecular weight excluding hydrogens is 216 g/mol. The second-order valence-corrected chi connectivity index (χ2v) is 4.09. The van der Waals surface area contributed by atoms with Crippen molar-refractivity contribution in [3.05, 3.63) is 23.3 Å². The van der Waals surface area contributed by atoms with Crippen molar-refractivity contribution in [2.75, 3.05) is 12.4 Å². The monoisotopic (exact) mass is 236 g/mol. The van der Waals surface area contributed by atoms with Gasteiger partial charge in [-0.1, -0.05) is 13.0 Å². The molecule has 1 aromatic carbocycles. The highest BCUT2D eigenvalue weighted by molar-refractivity contribution is 5.95. The maximum atomic E-state index is 11.7. The van der Waals surface area contributed by atoms with Crippen molar-refractivity contribution in [2.45, 2.75) is 33.2 Å². The van der Waals surface area contributed by atoms with Crippen molar-refractivity contribution in [3.8, 4) is 5.75 Å². The van der Waals surface area contributed by atoms with Crippen LogP contribution in [-0.4, -0.2) is 19.1 Å². The molecule has 0 spiro atoms. The molecule has 1 amide bonds. The van der Waals surface area contributed by atoms with E-state index in [0.717, 1.165) is 22.6 Å². The molecule has 0 saturated carbocycles. The average molecular weight is 236 g/mol. The summed E-state index contributed by atoms with van der Waals surface area (Å²) >= 11 is 0. The van der Waals surface area contributed by atoms with Crippen LogP contribution in [-0.2, 0) is 4.79 Å². The van der Waals surface area contributed by atoms with E-state index >= 15 is 0 Å². The molecule has 0 aliphatic heterocycles. The summed E-state index contributed by atoms with van der Waals surface area (Å²) < 4.78 is 5.30. The summed E-state index contributed by atoms with van der Waals surface area (Å²) in [6.45, 7) is 5.76. The molecule has 0 radical (unpaired) electrons. The van der Waals surface area contributed by atoms with E-state index in [1.165, 1.54) is 0 Å². The van der Waals surface area contributed by atoms with E-state index in [9.17, 15) is 4.79 Å². The van der Waals surface area contributed by atoms with Gasteiger partial charge in [0.25, 0.3) is 0 Å². The Labute approximate surface area is 102 Å². The zero-order valence-electron chi connectivity index (χ0n) is 10.8. The average Bonchev–Trinajstić information content (AvgIpc) is 2.32. The highest BCUT2D eigenvalue weighted by atomic mass is 16.5. The van der Waals surface area contributed by atoms with Crippen LogP contribution in [0.2, 0.25) is 0 Å². The third-order valence-electron chi connectivity index (χ3n) is 2.84. The Balaban J connectivity index is 2.97. The predicted octanol–water partition coefficient (Wildman–Crippen LogP) is 1.99. The van der Waals surface area contributed by atoms with Gasteiger partial charge in [-0.05, 0) is 31.9 Å². The Morgan fingerprint density at radius 2 is 2.12 bits per heavy atom. The number of nitrogens with two attached hydrogens (primary N) is 1. The lowest BCUT2D eigenvalue weighted by Gasteiger charge is -2.15. The Morgan fingerprint density at radius 1 is 1.47 bits per heavy atom. The van der Waals surface area contributed by atoms with E-state index < -0.39 is 6.04 Å². The fourth-order valence-corrected chi connectivity index (χ4v) is 1.69. The number of ether oxygens (including phenoxy) is 1. The van der Waals surface area contributed by atoms with Crippen LogP contribution in [0.3, 0.4) is 0 Å². The van der Waals surface area contributed by atoms with Gasteiger partial charge in [0.1, 0.15) is 5.75 Å². The lowest BCUT2D eigenvalue weighted by Crippen LogP contribution is -2.35. The molecule has 0 aliphatic rings. The normalized spacial score (nSPS) is 12.1. The van der Waals surface area contributed by atoms with Crippen LogP contribution >= 0.6 is 0 Å². The zero-order valence-corrected chi connectivity index (χ0v) is 10.8. The summed E-state index contributed by atoms with van der Waals surface area (Å²) in [5, 5.41) is 2.82. The lowest BCUT2D eigenvalue weighted by molar-refractivity contribution is -0.117. The topological polar surface area (TPSA) is 64.4 Å². The van der Waals surface area contributed by atoms with Gasteiger partial charge in [-0.15, -0.1) is 0 Å². The summed E-state index contributed by atoms with van der Waals surface area (Å²) in [6, 6.07) is 3.31. The van der Waals surface area contributed by atoms with E-state index in [2.05, 4.69) is 5.32 Å². The number of aryl methyl sites for hydroxylation is 1. The quantitative estimate of drug-likeness (QED) is 0.840. The van der Waals surface area contributed by atoms with E-state index in [1.807, 2.05) is 32.9 Å². The Hall–Kier alpha value is -1.55. The van der Waals surface area contributed by atoms with Crippen molar-refractivity contribution < 1.29 is 9.53 Å². The second kappa shape index (κ2) is 5.68. The molecule has 17 heavy (non-hydrogen) atoms. The third-order valence-corrected chi connectivity index (χ3v) is 2.84. The SMILES string of the molecule is CC[C@@H](N)C(=O)Nc1ccc(C)c(OC)c1C. The van der Waals surface area contributed by atoms with E-state index in [0.29, 0.717) is 6.42 Å². The van der Waals surface area contributed by atoms with Crippen molar-refractivity contribution >= 4 is 11.6 Å². The number of benzene rings is 1. The molecule has 0 aromatic heterocycles. The van der Waals surface area contributed by atoms with Gasteiger partial charge in [-0.3, -0.25) is 4.79 Å². The van der Waals surface area contributed by atoms with Crippen molar-refractivity contribution in [1.82, 2.24) is 0 Å². The largest absolute Gasteiger partial charge is 0.496 e. The molecular formula is C13H20N2O2. The van der Waals surface area contributed by atoms with Gasteiger partial charge in [0, 0.05) is 11.3 Å². The van der Waals surface area contributed by atoms with Crippen molar-refractivity contribution in [3.63, 3.8) is 0 Å². The fraction of sp³-hybridized carbons (Fsp3) is 0.462. The minimum absolute atomic E-state index is 0.165. The van der Waals surface area contributed by atoms with Gasteiger partial charge in [0.2, 0.25) is 5.91 Å². The molecule has 0 saturated heterocycles. The summed E-state index contributed by atoms with van der Waals surface area (Å²) in [4.78, 5) is 11.7. The molecule has 1 aromatic rings. The molecule has 4 nitrogen and oxygen atoms in total. The summed E-state index contributed by atoms with van der Waals surface area (Å²) in [5.41, 5.74) is 8.39. The second-order valence-electron chi connectivity index (χ2n) is 4.09. The van der Waals surface area contributed by atoms with Crippen LogP contribution in [0, 0.1) is 13.8 Å². The number of methoxy groups -OCH3 is 1. The van der Waals surface area contributed by atoms with Crippen LogP contribution in [0.15, 0.2) is 12.1 Å². The van der Waals surface area contributed by atoms with E-state index in [-0.39, 0.29) is 5.91 Å². The minimum atomic E-state index is -0.471. The number of anilines is 1. The number of rotatable bonds is 4. The number of carbonyl (C=O) groups is 1. The number of hydrogen-bond donors (Lipinski definition) is 2. The van der Waals surface area contributed by atoms with Crippen LogP contribution in [0.25, 0.3) is 0 Å². The number of hydrogen-bond acceptors (Lipinski definition) is 3. The van der Waals surface area contributed by atoms with Gasteiger partial charge in [0.15, 0.2) is 0 Å². The minimum Gasteiger partial charge on any atom is -0.496 e. The van der Waals surface area contributed by atoms with Gasteiger partial charge in [-0.25, -0.2) is 0 Å². The number of nitrogens with one attached hydrogen (secondary N) is 1. The first kappa shape index (κ1) is 13.5. The molecule has 0 aliphatic carbocycles. The molecule has 0 heterocycles. The number of carbonyl (C=O) groups excluding carboxylic acids is 1. The maximum absolute atomic E-state index is 11.7. The third kappa shape index (κ3) is 2.97. The summed E-state index contributed by atoms with van der Waals surface area (Å²) in [5.74, 6) is 0.634. The van der Waals surface area contributed by atoms with Crippen LogP contribution in [0.4, 0.5) is 5.69 Å². The summed E-state index contributed by atoms with van der Waals surface area (Å²) in [6.07, 6.45) is 0.619. The van der Waals surface area contributed by atoms with Crippen molar-refractivity contribution in [1.29, 1.82) is 0 Å². The molecule has 1 atom stereocenters. The summed E-state index contributed by atoms with van der Waals surface area (Å²) in [7, 11) is 1.62. The standard InChI is InChI=1S/C13H20N2O2/c1-5-10(14)13(16)15-11-7-6-8(2)12(17-4)9(11)3/h6-7,10H,5,14H2,1-4H3,(H,15,16)/t10-/m1/s1. The Kier molecular flexibility index (Phi) is 4.52. The first-order valence-corrected chi connectivity index (χ1v) is 5.71. The highest BCUT2D eigenvalue weighted by Gasteiger charge is 2.14. The first-order chi connectivity index (χ1) is 8.01. The van der Waals surface area contributed by atoms with Crippen LogP contribution in [0.5, 0.6) is 5.75 Å². The lowest BCUT2D eigenvalue weighted by atomic mass is 10.1. The van der Waals surface area contributed by atoms with Gasteiger partial charge in [0.05, 0.1) is 13.2 Å². The molecule has 1 rings (SSSR count). The first-order valence-electron chi connectivity index (χ1n) is 5.71. The fourth-order valence-electron chi connectivity index (χ4n) is 1.69. The molecule has 3 N–H and O–H groups in total.